The highest BCUT2D eigenvalue weighted by molar-refractivity contribution is 7.92. The largest absolute Gasteiger partial charge is 0.311 e. The number of aryl methyl sites for hydroxylation is 2. The van der Waals surface area contributed by atoms with Gasteiger partial charge in [0, 0.05) is 29.1 Å². The van der Waals surface area contributed by atoms with E-state index in [2.05, 4.69) is 25.2 Å². The Hall–Kier alpha value is -0.390. The quantitative estimate of drug-likeness (QED) is 0.896. The van der Waals surface area contributed by atoms with Gasteiger partial charge in [-0.05, 0) is 39.3 Å². The minimum absolute atomic E-state index is 0.472. The Labute approximate surface area is 108 Å². The van der Waals surface area contributed by atoms with Gasteiger partial charge in [-0.2, -0.15) is 0 Å². The van der Waals surface area contributed by atoms with Crippen LogP contribution in [0.4, 0.5) is 0 Å². The normalized spacial score (nSPS) is 13.0. The Morgan fingerprint density at radius 2 is 1.94 bits per heavy atom. The fraction of sp³-hybridized carbons (Fsp3) is 0.667. The lowest BCUT2D eigenvalue weighted by atomic mass is 10.2. The fourth-order valence-electron chi connectivity index (χ4n) is 1.49. The van der Waals surface area contributed by atoms with E-state index in [0.717, 1.165) is 6.54 Å². The third kappa shape index (κ3) is 3.79. The highest BCUT2D eigenvalue weighted by atomic mass is 32.2. The van der Waals surface area contributed by atoms with Crippen molar-refractivity contribution >= 4 is 21.2 Å². The molecule has 1 aromatic heterocycles. The molecule has 0 radical (unpaired) electrons. The lowest BCUT2D eigenvalue weighted by Gasteiger charge is -2.22. The molecule has 1 N–H and O–H groups in total. The number of rotatable bonds is 5. The zero-order valence-corrected chi connectivity index (χ0v) is 12.8. The second kappa shape index (κ2) is 5.08. The first-order valence-corrected chi connectivity index (χ1v) is 8.30. The van der Waals surface area contributed by atoms with Gasteiger partial charge in [0.2, 0.25) is 0 Å². The van der Waals surface area contributed by atoms with Gasteiger partial charge in [0.15, 0.2) is 9.84 Å². The molecule has 0 unspecified atom stereocenters. The standard InChI is InChI=1S/C12H21NO2S2/c1-9-6-11(10(2)16-9)7-13-8-12(3,4)17(5,14)15/h6,13H,7-8H2,1-5H3. The van der Waals surface area contributed by atoms with E-state index >= 15 is 0 Å². The van der Waals surface area contributed by atoms with Crippen LogP contribution in [0.15, 0.2) is 6.07 Å². The third-order valence-electron chi connectivity index (χ3n) is 3.01. The number of thiophene rings is 1. The Bertz CT molecular complexity index is 487. The Morgan fingerprint density at radius 1 is 1.35 bits per heavy atom. The first kappa shape index (κ1) is 14.7. The third-order valence-corrected chi connectivity index (χ3v) is 6.17. The summed E-state index contributed by atoms with van der Waals surface area (Å²) in [5.41, 5.74) is 1.26. The lowest BCUT2D eigenvalue weighted by molar-refractivity contribution is 0.521. The van der Waals surface area contributed by atoms with Crippen LogP contribution in [0.1, 0.15) is 29.2 Å². The first-order valence-electron chi connectivity index (χ1n) is 5.60. The number of nitrogens with one attached hydrogen (secondary N) is 1. The van der Waals surface area contributed by atoms with Crippen molar-refractivity contribution in [3.8, 4) is 0 Å². The second-order valence-electron chi connectivity index (χ2n) is 5.07. The maximum atomic E-state index is 11.5. The maximum Gasteiger partial charge on any atom is 0.153 e. The molecule has 0 saturated heterocycles. The molecule has 1 rings (SSSR count). The first-order chi connectivity index (χ1) is 7.63. The van der Waals surface area contributed by atoms with Crippen molar-refractivity contribution in [1.29, 1.82) is 0 Å². The van der Waals surface area contributed by atoms with Gasteiger partial charge in [0.05, 0.1) is 4.75 Å². The van der Waals surface area contributed by atoms with Gasteiger partial charge in [-0.25, -0.2) is 8.42 Å². The summed E-state index contributed by atoms with van der Waals surface area (Å²) in [4.78, 5) is 2.59. The van der Waals surface area contributed by atoms with Crippen molar-refractivity contribution in [2.24, 2.45) is 0 Å². The van der Waals surface area contributed by atoms with Crippen molar-refractivity contribution in [1.82, 2.24) is 5.32 Å². The number of hydrogen-bond donors (Lipinski definition) is 1. The van der Waals surface area contributed by atoms with E-state index < -0.39 is 14.6 Å². The molecule has 17 heavy (non-hydrogen) atoms. The fourth-order valence-corrected chi connectivity index (χ4v) is 2.80. The molecular weight excluding hydrogens is 254 g/mol. The molecule has 0 aliphatic rings. The molecule has 0 aliphatic carbocycles. The van der Waals surface area contributed by atoms with Crippen molar-refractivity contribution < 1.29 is 8.42 Å². The predicted octanol–water partition coefficient (Wildman–Crippen LogP) is 2.28. The van der Waals surface area contributed by atoms with E-state index in [1.54, 1.807) is 25.2 Å². The monoisotopic (exact) mass is 275 g/mol. The summed E-state index contributed by atoms with van der Waals surface area (Å²) in [6.45, 7) is 8.88. The average molecular weight is 275 g/mol. The smallest absolute Gasteiger partial charge is 0.153 e. The predicted molar refractivity (Wildman–Crippen MR) is 74.4 cm³/mol. The summed E-state index contributed by atoms with van der Waals surface area (Å²) in [7, 11) is -3.02. The lowest BCUT2D eigenvalue weighted by Crippen LogP contribution is -2.41. The molecule has 1 heterocycles. The van der Waals surface area contributed by atoms with Crippen molar-refractivity contribution in [2.75, 3.05) is 12.8 Å². The van der Waals surface area contributed by atoms with E-state index in [0.29, 0.717) is 6.54 Å². The SMILES string of the molecule is Cc1cc(CNCC(C)(C)S(C)(=O)=O)c(C)s1. The minimum atomic E-state index is -3.02. The van der Waals surface area contributed by atoms with Crippen LogP contribution in [0.3, 0.4) is 0 Å². The zero-order valence-electron chi connectivity index (χ0n) is 11.1. The van der Waals surface area contributed by atoms with Crippen LogP contribution in [0.5, 0.6) is 0 Å². The Kier molecular flexibility index (Phi) is 4.38. The second-order valence-corrected chi connectivity index (χ2v) is 9.18. The van der Waals surface area contributed by atoms with Gasteiger partial charge in [0.25, 0.3) is 0 Å². The summed E-state index contributed by atoms with van der Waals surface area (Å²) in [6.07, 6.45) is 1.29. The molecule has 1 aromatic rings. The molecule has 0 fully saturated rings. The van der Waals surface area contributed by atoms with E-state index in [4.69, 9.17) is 0 Å². The molecule has 0 bridgehead atoms. The Morgan fingerprint density at radius 3 is 2.35 bits per heavy atom. The number of sulfone groups is 1. The number of hydrogen-bond acceptors (Lipinski definition) is 4. The summed E-state index contributed by atoms with van der Waals surface area (Å²) >= 11 is 1.77. The highest BCUT2D eigenvalue weighted by Crippen LogP contribution is 2.20. The molecule has 3 nitrogen and oxygen atoms in total. The molecular formula is C12H21NO2S2. The molecule has 98 valence electrons. The Balaban J connectivity index is 2.57. The van der Waals surface area contributed by atoms with Gasteiger partial charge >= 0.3 is 0 Å². The summed E-state index contributed by atoms with van der Waals surface area (Å²) < 4.78 is 22.3. The molecule has 0 atom stereocenters. The molecule has 0 aliphatic heterocycles. The van der Waals surface area contributed by atoms with E-state index in [-0.39, 0.29) is 0 Å². The van der Waals surface area contributed by atoms with Crippen LogP contribution in [-0.2, 0) is 16.4 Å². The van der Waals surface area contributed by atoms with Gasteiger partial charge in [-0.1, -0.05) is 0 Å². The molecule has 0 saturated carbocycles. The minimum Gasteiger partial charge on any atom is -0.311 e. The summed E-state index contributed by atoms with van der Waals surface area (Å²) in [6, 6.07) is 2.15. The van der Waals surface area contributed by atoms with Crippen molar-refractivity contribution in [3.05, 3.63) is 21.4 Å². The van der Waals surface area contributed by atoms with Crippen LogP contribution >= 0.6 is 11.3 Å². The summed E-state index contributed by atoms with van der Waals surface area (Å²) in [5.74, 6) is 0. The summed E-state index contributed by atoms with van der Waals surface area (Å²) in [5, 5.41) is 3.23. The maximum absolute atomic E-state index is 11.5. The van der Waals surface area contributed by atoms with Gasteiger partial charge in [0.1, 0.15) is 0 Å². The van der Waals surface area contributed by atoms with Crippen LogP contribution in [0.25, 0.3) is 0 Å². The van der Waals surface area contributed by atoms with Crippen LogP contribution in [0, 0.1) is 13.8 Å². The van der Waals surface area contributed by atoms with Gasteiger partial charge < -0.3 is 5.32 Å². The van der Waals surface area contributed by atoms with Gasteiger partial charge in [-0.15, -0.1) is 11.3 Å². The van der Waals surface area contributed by atoms with E-state index in [9.17, 15) is 8.42 Å². The van der Waals surface area contributed by atoms with Crippen LogP contribution < -0.4 is 5.32 Å². The molecule has 0 amide bonds. The average Bonchev–Trinajstić information content (AvgIpc) is 2.43. The topological polar surface area (TPSA) is 46.2 Å². The van der Waals surface area contributed by atoms with E-state index in [1.807, 2.05) is 0 Å². The van der Waals surface area contributed by atoms with E-state index in [1.165, 1.54) is 21.6 Å². The van der Waals surface area contributed by atoms with Crippen molar-refractivity contribution in [2.45, 2.75) is 39.0 Å². The van der Waals surface area contributed by atoms with Crippen molar-refractivity contribution in [3.63, 3.8) is 0 Å². The van der Waals surface area contributed by atoms with Crippen LogP contribution in [-0.4, -0.2) is 26.0 Å². The molecule has 0 spiro atoms. The highest BCUT2D eigenvalue weighted by Gasteiger charge is 2.29. The van der Waals surface area contributed by atoms with Crippen LogP contribution in [0.2, 0.25) is 0 Å². The van der Waals surface area contributed by atoms with Gasteiger partial charge in [-0.3, -0.25) is 0 Å². The molecule has 0 aromatic carbocycles. The zero-order chi connectivity index (χ0) is 13.3. The molecule has 5 heteroatoms.